The second-order valence-corrected chi connectivity index (χ2v) is 4.84. The van der Waals surface area contributed by atoms with E-state index in [0.29, 0.717) is 0 Å². The number of benzene rings is 1. The Labute approximate surface area is 136 Å². The van der Waals surface area contributed by atoms with Gasteiger partial charge in [0.2, 0.25) is 0 Å². The van der Waals surface area contributed by atoms with Crippen molar-refractivity contribution in [2.75, 3.05) is 6.61 Å². The van der Waals surface area contributed by atoms with Crippen molar-refractivity contribution in [3.63, 3.8) is 0 Å². The van der Waals surface area contributed by atoms with Crippen LogP contribution < -0.4 is 5.56 Å². The molecule has 0 fully saturated rings. The maximum Gasteiger partial charge on any atom is 0.340 e. The van der Waals surface area contributed by atoms with E-state index in [9.17, 15) is 25.0 Å². The molecular formula is C16H13N3O5. The zero-order valence-electron chi connectivity index (χ0n) is 13.0. The van der Waals surface area contributed by atoms with Crippen LogP contribution in [0, 0.1) is 28.4 Å². The summed E-state index contributed by atoms with van der Waals surface area (Å²) >= 11 is 0. The monoisotopic (exact) mass is 327 g/mol. The van der Waals surface area contributed by atoms with Crippen LogP contribution in [0.5, 0.6) is 0 Å². The predicted octanol–water partition coefficient (Wildman–Crippen LogP) is 2.31. The molecule has 1 N–H and O–H groups in total. The summed E-state index contributed by atoms with van der Waals surface area (Å²) in [6, 6.07) is 7.15. The summed E-state index contributed by atoms with van der Waals surface area (Å²) in [5.41, 5.74) is -0.718. The van der Waals surface area contributed by atoms with Crippen LogP contribution >= 0.6 is 0 Å². The third-order valence-corrected chi connectivity index (χ3v) is 3.34. The van der Waals surface area contributed by atoms with Gasteiger partial charge in [-0.25, -0.2) is 4.79 Å². The van der Waals surface area contributed by atoms with E-state index in [1.807, 2.05) is 0 Å². The Balaban J connectivity index is 2.87. The average molecular weight is 327 g/mol. The molecule has 0 atom stereocenters. The molecule has 0 amide bonds. The minimum absolute atomic E-state index is 0.00787. The Morgan fingerprint density at radius 3 is 2.75 bits per heavy atom. The van der Waals surface area contributed by atoms with Gasteiger partial charge in [-0.1, -0.05) is 12.1 Å². The Morgan fingerprint density at radius 2 is 2.17 bits per heavy atom. The molecule has 0 saturated heterocycles. The number of nitrogens with zero attached hydrogens (tertiary/aromatic N) is 2. The van der Waals surface area contributed by atoms with Crippen LogP contribution in [-0.4, -0.2) is 22.5 Å². The Hall–Kier alpha value is -3.47. The van der Waals surface area contributed by atoms with Gasteiger partial charge in [-0.2, -0.15) is 5.26 Å². The molecule has 1 aromatic heterocycles. The van der Waals surface area contributed by atoms with Gasteiger partial charge in [0.1, 0.15) is 11.6 Å². The number of nitro benzene ring substituents is 1. The highest BCUT2D eigenvalue weighted by molar-refractivity contribution is 6.00. The van der Waals surface area contributed by atoms with Crippen LogP contribution in [0.15, 0.2) is 29.1 Å². The van der Waals surface area contributed by atoms with Crippen molar-refractivity contribution in [3.05, 3.63) is 61.6 Å². The lowest BCUT2D eigenvalue weighted by molar-refractivity contribution is -0.384. The molecule has 2 aromatic rings. The molecule has 0 unspecified atom stereocenters. The summed E-state index contributed by atoms with van der Waals surface area (Å²) < 4.78 is 4.98. The number of esters is 1. The number of hydrogen-bond acceptors (Lipinski definition) is 6. The fourth-order valence-electron chi connectivity index (χ4n) is 2.35. The van der Waals surface area contributed by atoms with Crippen molar-refractivity contribution in [1.82, 2.24) is 4.98 Å². The minimum Gasteiger partial charge on any atom is -0.462 e. The van der Waals surface area contributed by atoms with Crippen LogP contribution in [0.25, 0.3) is 11.1 Å². The van der Waals surface area contributed by atoms with Crippen LogP contribution in [0.3, 0.4) is 0 Å². The third-order valence-electron chi connectivity index (χ3n) is 3.34. The molecule has 0 radical (unpaired) electrons. The minimum atomic E-state index is -0.718. The second-order valence-electron chi connectivity index (χ2n) is 4.84. The number of pyridine rings is 1. The number of nitriles is 1. The molecule has 0 spiro atoms. The maximum absolute atomic E-state index is 12.3. The number of carbonyl (C=O) groups excluding carboxylic acids is 1. The molecule has 122 valence electrons. The molecule has 8 heteroatoms. The van der Waals surface area contributed by atoms with Gasteiger partial charge in [0, 0.05) is 23.4 Å². The molecule has 0 saturated carbocycles. The lowest BCUT2D eigenvalue weighted by Crippen LogP contribution is -2.20. The SMILES string of the molecule is CCOC(=O)c1c(C)[nH]c(=O)c(C#N)c1-c1cccc([N+](=O)[O-])c1. The topological polar surface area (TPSA) is 126 Å². The molecule has 0 aliphatic heterocycles. The first-order valence-electron chi connectivity index (χ1n) is 6.99. The highest BCUT2D eigenvalue weighted by Crippen LogP contribution is 2.30. The summed E-state index contributed by atoms with van der Waals surface area (Å²) in [6.45, 7) is 3.22. The Kier molecular flexibility index (Phi) is 4.75. The fourth-order valence-corrected chi connectivity index (χ4v) is 2.35. The van der Waals surface area contributed by atoms with E-state index < -0.39 is 16.5 Å². The van der Waals surface area contributed by atoms with Gasteiger partial charge in [-0.05, 0) is 19.4 Å². The number of aryl methyl sites for hydroxylation is 1. The predicted molar refractivity (Wildman–Crippen MR) is 84.6 cm³/mol. The van der Waals surface area contributed by atoms with E-state index in [1.165, 1.54) is 31.2 Å². The van der Waals surface area contributed by atoms with Gasteiger partial charge in [0.05, 0.1) is 17.1 Å². The molecule has 0 aliphatic carbocycles. The van der Waals surface area contributed by atoms with Crippen LogP contribution in [0.2, 0.25) is 0 Å². The maximum atomic E-state index is 12.3. The molecule has 24 heavy (non-hydrogen) atoms. The second kappa shape index (κ2) is 6.75. The Bertz CT molecular complexity index is 924. The third kappa shape index (κ3) is 3.01. The zero-order valence-corrected chi connectivity index (χ0v) is 13.0. The molecule has 0 aliphatic rings. The smallest absolute Gasteiger partial charge is 0.340 e. The fraction of sp³-hybridized carbons (Fsp3) is 0.188. The van der Waals surface area contributed by atoms with E-state index >= 15 is 0 Å². The molecule has 1 aromatic carbocycles. The lowest BCUT2D eigenvalue weighted by Gasteiger charge is -2.13. The number of carbonyl (C=O) groups is 1. The van der Waals surface area contributed by atoms with E-state index in [0.717, 1.165) is 0 Å². The van der Waals surface area contributed by atoms with E-state index in [-0.39, 0.29) is 40.2 Å². The van der Waals surface area contributed by atoms with Crippen molar-refractivity contribution in [2.45, 2.75) is 13.8 Å². The van der Waals surface area contributed by atoms with Gasteiger partial charge in [-0.15, -0.1) is 0 Å². The van der Waals surface area contributed by atoms with Crippen LogP contribution in [-0.2, 0) is 4.74 Å². The number of nitro groups is 1. The first-order chi connectivity index (χ1) is 11.4. The van der Waals surface area contributed by atoms with Gasteiger partial charge in [0.25, 0.3) is 11.2 Å². The molecule has 8 nitrogen and oxygen atoms in total. The van der Waals surface area contributed by atoms with Crippen LogP contribution in [0.4, 0.5) is 5.69 Å². The normalized spacial score (nSPS) is 10.0. The van der Waals surface area contributed by atoms with E-state index in [2.05, 4.69) is 4.98 Å². The van der Waals surface area contributed by atoms with Crippen molar-refractivity contribution in [3.8, 4) is 17.2 Å². The summed E-state index contributed by atoms with van der Waals surface area (Å²) in [6.07, 6.45) is 0. The standard InChI is InChI=1S/C16H13N3O5/c1-3-24-16(21)13-9(2)18-15(20)12(8-17)14(13)10-5-4-6-11(7-10)19(22)23/h4-7H,3H2,1-2H3,(H,18,20). The van der Waals surface area contributed by atoms with Crippen molar-refractivity contribution in [1.29, 1.82) is 5.26 Å². The number of aromatic amines is 1. The number of nitrogens with one attached hydrogen (secondary N) is 1. The number of rotatable bonds is 4. The highest BCUT2D eigenvalue weighted by Gasteiger charge is 2.24. The molecule has 1 heterocycles. The number of non-ortho nitro benzene ring substituents is 1. The summed E-state index contributed by atoms with van der Waals surface area (Å²) in [5, 5.41) is 20.3. The van der Waals surface area contributed by atoms with Gasteiger partial charge >= 0.3 is 5.97 Å². The summed E-state index contributed by atoms with van der Waals surface area (Å²) in [4.78, 5) is 37.1. The molecular weight excluding hydrogens is 314 g/mol. The number of ether oxygens (including phenoxy) is 1. The average Bonchev–Trinajstić information content (AvgIpc) is 2.54. The lowest BCUT2D eigenvalue weighted by atomic mass is 9.94. The first-order valence-corrected chi connectivity index (χ1v) is 6.99. The number of aromatic nitrogens is 1. The quantitative estimate of drug-likeness (QED) is 0.521. The zero-order chi connectivity index (χ0) is 17.9. The van der Waals surface area contributed by atoms with Crippen molar-refractivity contribution >= 4 is 11.7 Å². The molecule has 2 rings (SSSR count). The summed E-state index contributed by atoms with van der Waals surface area (Å²) in [7, 11) is 0. The largest absolute Gasteiger partial charge is 0.462 e. The molecule has 0 bridgehead atoms. The van der Waals surface area contributed by atoms with E-state index in [4.69, 9.17) is 4.74 Å². The number of H-pyrrole nitrogens is 1. The van der Waals surface area contributed by atoms with Crippen molar-refractivity contribution in [2.24, 2.45) is 0 Å². The van der Waals surface area contributed by atoms with Crippen molar-refractivity contribution < 1.29 is 14.5 Å². The van der Waals surface area contributed by atoms with Crippen LogP contribution in [0.1, 0.15) is 28.5 Å². The summed E-state index contributed by atoms with van der Waals surface area (Å²) in [5.74, 6) is -0.718. The van der Waals surface area contributed by atoms with Gasteiger partial charge in [0.15, 0.2) is 0 Å². The van der Waals surface area contributed by atoms with Gasteiger partial charge in [-0.3, -0.25) is 14.9 Å². The Morgan fingerprint density at radius 1 is 1.46 bits per heavy atom. The van der Waals surface area contributed by atoms with Gasteiger partial charge < -0.3 is 9.72 Å². The van der Waals surface area contributed by atoms with E-state index in [1.54, 1.807) is 13.0 Å². The number of hydrogen-bond donors (Lipinski definition) is 1. The first kappa shape index (κ1) is 16.9. The highest BCUT2D eigenvalue weighted by atomic mass is 16.6.